The second-order valence-electron chi connectivity index (χ2n) is 4.51. The number of carbonyl (C=O) groups is 2. The van der Waals surface area contributed by atoms with Crippen molar-refractivity contribution in [2.45, 2.75) is 20.4 Å². The molecule has 2 amide bonds. The molecule has 0 atom stereocenters. The summed E-state index contributed by atoms with van der Waals surface area (Å²) in [7, 11) is 0. The van der Waals surface area contributed by atoms with Gasteiger partial charge >= 0.3 is 0 Å². The fraction of sp³-hybridized carbons (Fsp3) is 0.286. The van der Waals surface area contributed by atoms with Gasteiger partial charge in [0.2, 0.25) is 11.8 Å². The summed E-state index contributed by atoms with van der Waals surface area (Å²) in [6.45, 7) is 3.94. The van der Waals surface area contributed by atoms with Crippen molar-refractivity contribution in [3.05, 3.63) is 46.0 Å². The van der Waals surface area contributed by atoms with Gasteiger partial charge in [0.05, 0.1) is 6.54 Å². The molecule has 0 radical (unpaired) electrons. The Morgan fingerprint density at radius 3 is 2.32 bits per heavy atom. The first kappa shape index (κ1) is 15.4. The van der Waals surface area contributed by atoms with Crippen molar-refractivity contribution in [1.82, 2.24) is 4.90 Å². The molecule has 0 unspecified atom stereocenters. The quantitative estimate of drug-likeness (QED) is 0.844. The Bertz CT molecular complexity index is 491. The van der Waals surface area contributed by atoms with Crippen molar-refractivity contribution in [2.75, 3.05) is 6.54 Å². The third kappa shape index (κ3) is 5.70. The highest BCUT2D eigenvalue weighted by atomic mass is 79.9. The van der Waals surface area contributed by atoms with E-state index in [2.05, 4.69) is 15.9 Å². The Labute approximate surface area is 121 Å². The number of nitrogens with two attached hydrogens (primary N) is 1. The van der Waals surface area contributed by atoms with Gasteiger partial charge in [-0.05, 0) is 31.5 Å². The Hall–Kier alpha value is -1.62. The number of amides is 2. The monoisotopic (exact) mass is 324 g/mol. The molecule has 0 fully saturated rings. The first-order chi connectivity index (χ1) is 8.88. The maximum Gasteiger partial charge on any atom is 0.247 e. The molecule has 0 heterocycles. The van der Waals surface area contributed by atoms with Gasteiger partial charge in [-0.1, -0.05) is 33.6 Å². The number of allylic oxidation sites excluding steroid dienone is 1. The lowest BCUT2D eigenvalue weighted by Gasteiger charge is -2.20. The van der Waals surface area contributed by atoms with Crippen molar-refractivity contribution in [3.63, 3.8) is 0 Å². The number of primary amides is 1. The molecule has 0 aliphatic heterocycles. The van der Waals surface area contributed by atoms with E-state index < -0.39 is 5.91 Å². The van der Waals surface area contributed by atoms with Gasteiger partial charge in [-0.2, -0.15) is 0 Å². The third-order valence-corrected chi connectivity index (χ3v) is 2.89. The predicted octanol–water partition coefficient (Wildman–Crippen LogP) is 2.23. The Balaban J connectivity index is 2.85. The lowest BCUT2D eigenvalue weighted by Crippen LogP contribution is -2.37. The number of hydrogen-bond donors (Lipinski definition) is 1. The molecule has 2 N–H and O–H groups in total. The van der Waals surface area contributed by atoms with Gasteiger partial charge in [-0.25, -0.2) is 0 Å². The summed E-state index contributed by atoms with van der Waals surface area (Å²) < 4.78 is 0.966. The van der Waals surface area contributed by atoms with Crippen LogP contribution in [0.1, 0.15) is 19.4 Å². The number of halogens is 1. The molecule has 0 aliphatic carbocycles. The number of nitrogens with zero attached hydrogens (tertiary/aromatic N) is 1. The molecule has 0 spiro atoms. The molecule has 102 valence electrons. The number of benzene rings is 1. The van der Waals surface area contributed by atoms with Crippen LogP contribution in [-0.4, -0.2) is 23.3 Å². The van der Waals surface area contributed by atoms with Crippen LogP contribution < -0.4 is 5.73 Å². The van der Waals surface area contributed by atoms with Gasteiger partial charge in [0.25, 0.3) is 0 Å². The summed E-state index contributed by atoms with van der Waals surface area (Å²) in [6, 6.07) is 7.58. The molecule has 5 heteroatoms. The summed E-state index contributed by atoms with van der Waals surface area (Å²) in [5, 5.41) is 0. The van der Waals surface area contributed by atoms with Gasteiger partial charge < -0.3 is 10.6 Å². The fourth-order valence-electron chi connectivity index (χ4n) is 1.55. The number of rotatable bonds is 5. The molecule has 1 rings (SSSR count). The molecule has 0 aromatic heterocycles. The standard InChI is InChI=1S/C14H17BrN2O2/c1-10(2)7-14(19)17(9-13(16)18)8-11-3-5-12(15)6-4-11/h3-7H,8-9H2,1-2H3,(H2,16,18). The summed E-state index contributed by atoms with van der Waals surface area (Å²) >= 11 is 3.35. The Morgan fingerprint density at radius 1 is 1.26 bits per heavy atom. The van der Waals surface area contributed by atoms with Gasteiger partial charge in [-0.3, -0.25) is 9.59 Å². The van der Waals surface area contributed by atoms with Crippen molar-refractivity contribution < 1.29 is 9.59 Å². The number of carbonyl (C=O) groups excluding carboxylic acids is 2. The third-order valence-electron chi connectivity index (χ3n) is 2.36. The maximum absolute atomic E-state index is 12.0. The molecule has 0 saturated carbocycles. The summed E-state index contributed by atoms with van der Waals surface area (Å²) in [5.74, 6) is -0.727. The fourth-order valence-corrected chi connectivity index (χ4v) is 1.81. The molecule has 1 aromatic rings. The zero-order chi connectivity index (χ0) is 14.4. The van der Waals surface area contributed by atoms with E-state index in [0.29, 0.717) is 6.54 Å². The highest BCUT2D eigenvalue weighted by molar-refractivity contribution is 9.10. The van der Waals surface area contributed by atoms with Crippen molar-refractivity contribution in [1.29, 1.82) is 0 Å². The lowest BCUT2D eigenvalue weighted by atomic mass is 10.2. The summed E-state index contributed by atoms with van der Waals surface area (Å²) in [6.07, 6.45) is 1.50. The SMILES string of the molecule is CC(C)=CC(=O)N(CC(N)=O)Cc1ccc(Br)cc1. The van der Waals surface area contributed by atoms with Crippen molar-refractivity contribution >= 4 is 27.7 Å². The van der Waals surface area contributed by atoms with E-state index in [1.54, 1.807) is 0 Å². The van der Waals surface area contributed by atoms with Crippen LogP contribution in [0.5, 0.6) is 0 Å². The van der Waals surface area contributed by atoms with Crippen LogP contribution in [0.2, 0.25) is 0 Å². The smallest absolute Gasteiger partial charge is 0.247 e. The van der Waals surface area contributed by atoms with Crippen LogP contribution in [0.25, 0.3) is 0 Å². The molecular formula is C14H17BrN2O2. The topological polar surface area (TPSA) is 63.4 Å². The van der Waals surface area contributed by atoms with Crippen LogP contribution in [0.15, 0.2) is 40.4 Å². The second kappa shape index (κ2) is 7.09. The van der Waals surface area contributed by atoms with E-state index in [1.165, 1.54) is 11.0 Å². The molecule has 0 aliphatic rings. The molecule has 19 heavy (non-hydrogen) atoms. The largest absolute Gasteiger partial charge is 0.368 e. The van der Waals surface area contributed by atoms with E-state index in [4.69, 9.17) is 5.73 Å². The highest BCUT2D eigenvalue weighted by Gasteiger charge is 2.14. The van der Waals surface area contributed by atoms with Crippen molar-refractivity contribution in [2.24, 2.45) is 5.73 Å². The molecule has 4 nitrogen and oxygen atoms in total. The lowest BCUT2D eigenvalue weighted by molar-refractivity contribution is -0.131. The molecule has 1 aromatic carbocycles. The number of hydrogen-bond acceptors (Lipinski definition) is 2. The summed E-state index contributed by atoms with van der Waals surface area (Å²) in [4.78, 5) is 24.5. The zero-order valence-electron chi connectivity index (χ0n) is 11.0. The van der Waals surface area contributed by atoms with E-state index in [9.17, 15) is 9.59 Å². The van der Waals surface area contributed by atoms with Crippen molar-refractivity contribution in [3.8, 4) is 0 Å². The van der Waals surface area contributed by atoms with Crippen LogP contribution >= 0.6 is 15.9 Å². The van der Waals surface area contributed by atoms with Gasteiger partial charge in [0.15, 0.2) is 0 Å². The first-order valence-corrected chi connectivity index (χ1v) is 6.64. The average molecular weight is 325 g/mol. The Morgan fingerprint density at radius 2 is 1.84 bits per heavy atom. The second-order valence-corrected chi connectivity index (χ2v) is 5.42. The minimum atomic E-state index is -0.521. The minimum Gasteiger partial charge on any atom is -0.368 e. The van der Waals surface area contributed by atoms with E-state index in [1.807, 2.05) is 38.1 Å². The average Bonchev–Trinajstić information content (AvgIpc) is 2.29. The van der Waals surface area contributed by atoms with Crippen LogP contribution in [0.4, 0.5) is 0 Å². The highest BCUT2D eigenvalue weighted by Crippen LogP contribution is 2.12. The van der Waals surface area contributed by atoms with E-state index in [-0.39, 0.29) is 12.5 Å². The van der Waals surface area contributed by atoms with Gasteiger partial charge in [0, 0.05) is 17.1 Å². The minimum absolute atomic E-state index is 0.0846. The normalized spacial score (nSPS) is 9.84. The predicted molar refractivity (Wildman–Crippen MR) is 78.2 cm³/mol. The van der Waals surface area contributed by atoms with Crippen LogP contribution in [-0.2, 0) is 16.1 Å². The summed E-state index contributed by atoms with van der Waals surface area (Å²) in [5.41, 5.74) is 7.01. The Kier molecular flexibility index (Phi) is 5.76. The van der Waals surface area contributed by atoms with Gasteiger partial charge in [0.1, 0.15) is 0 Å². The first-order valence-electron chi connectivity index (χ1n) is 5.85. The zero-order valence-corrected chi connectivity index (χ0v) is 12.6. The van der Waals surface area contributed by atoms with Gasteiger partial charge in [-0.15, -0.1) is 0 Å². The molecular weight excluding hydrogens is 308 g/mol. The van der Waals surface area contributed by atoms with Crippen LogP contribution in [0, 0.1) is 0 Å². The molecule has 0 bridgehead atoms. The van der Waals surface area contributed by atoms with Crippen LogP contribution in [0.3, 0.4) is 0 Å². The van der Waals surface area contributed by atoms with E-state index >= 15 is 0 Å². The maximum atomic E-state index is 12.0. The molecule has 0 saturated heterocycles. The van der Waals surface area contributed by atoms with E-state index in [0.717, 1.165) is 15.6 Å².